The van der Waals surface area contributed by atoms with E-state index in [9.17, 15) is 13.2 Å². The molecule has 0 saturated carbocycles. The van der Waals surface area contributed by atoms with Gasteiger partial charge in [-0.2, -0.15) is 0 Å². The zero-order valence-corrected chi connectivity index (χ0v) is 19.6. The lowest BCUT2D eigenvalue weighted by Gasteiger charge is -2.15. The summed E-state index contributed by atoms with van der Waals surface area (Å²) in [4.78, 5) is 12.5. The quantitative estimate of drug-likeness (QED) is 0.396. The zero-order valence-electron chi connectivity index (χ0n) is 17.2. The maximum Gasteiger partial charge on any atom is 0.308 e. The maximum absolute atomic E-state index is 12.9. The largest absolute Gasteiger partial charge is 0.492 e. The molecule has 6 nitrogen and oxygen atoms in total. The normalized spacial score (nSPS) is 12.7. The summed E-state index contributed by atoms with van der Waals surface area (Å²) >= 11 is 6.95. The summed E-state index contributed by atoms with van der Waals surface area (Å²) in [6.45, 7) is 2.31. The average molecular weight is 489 g/mol. The molecule has 0 saturated heterocycles. The van der Waals surface area contributed by atoms with Crippen LogP contribution in [-0.4, -0.2) is 25.6 Å². The van der Waals surface area contributed by atoms with E-state index in [2.05, 4.69) is 4.72 Å². The van der Waals surface area contributed by atoms with Crippen molar-refractivity contribution in [1.29, 1.82) is 0 Å². The van der Waals surface area contributed by atoms with E-state index in [0.717, 1.165) is 16.9 Å². The number of halogens is 1. The number of sulfonamides is 1. The highest BCUT2D eigenvalue weighted by Gasteiger charge is 2.20. The lowest BCUT2D eigenvalue weighted by Crippen LogP contribution is -2.36. The van der Waals surface area contributed by atoms with E-state index in [1.54, 1.807) is 29.7 Å². The average Bonchev–Trinajstić information content (AvgIpc) is 3.08. The highest BCUT2D eigenvalue weighted by molar-refractivity contribution is 7.89. The van der Waals surface area contributed by atoms with Crippen LogP contribution in [-0.2, 0) is 16.6 Å². The van der Waals surface area contributed by atoms with Gasteiger partial charge in [0.1, 0.15) is 12.4 Å². The Bertz CT molecular complexity index is 1380. The Balaban J connectivity index is 1.51. The smallest absolute Gasteiger partial charge is 0.308 e. The Morgan fingerprint density at radius 3 is 2.50 bits per heavy atom. The van der Waals surface area contributed by atoms with Gasteiger partial charge in [0.25, 0.3) is 0 Å². The van der Waals surface area contributed by atoms with Crippen molar-refractivity contribution in [3.63, 3.8) is 0 Å². The Hall–Kier alpha value is -2.65. The molecule has 0 unspecified atom stereocenters. The standard InChI is InChI=1S/C23H21ClN2O4S2/c1-16(15-30-19-5-3-2-4-6-19)25-32(28,29)20-11-12-21-22(13-20)31-23(27)26(21)14-17-7-9-18(24)10-8-17/h2-13,16,25H,14-15H2,1H3/t16-/m0/s1. The fourth-order valence-corrected chi connectivity index (χ4v) is 5.63. The number of ether oxygens (including phenoxy) is 1. The van der Waals surface area contributed by atoms with Gasteiger partial charge in [-0.05, 0) is 55.0 Å². The van der Waals surface area contributed by atoms with Crippen molar-refractivity contribution >= 4 is 43.2 Å². The van der Waals surface area contributed by atoms with Gasteiger partial charge in [0.05, 0.1) is 27.7 Å². The molecule has 0 fully saturated rings. The van der Waals surface area contributed by atoms with Crippen LogP contribution in [0.1, 0.15) is 12.5 Å². The van der Waals surface area contributed by atoms with E-state index in [1.165, 1.54) is 12.1 Å². The second-order valence-electron chi connectivity index (χ2n) is 7.36. The number of hydrogen-bond acceptors (Lipinski definition) is 5. The van der Waals surface area contributed by atoms with Crippen LogP contribution in [0, 0.1) is 0 Å². The first-order chi connectivity index (χ1) is 15.3. The van der Waals surface area contributed by atoms with E-state index >= 15 is 0 Å². The number of hydrogen-bond donors (Lipinski definition) is 1. The first-order valence-corrected chi connectivity index (χ1v) is 12.6. The lowest BCUT2D eigenvalue weighted by atomic mass is 10.2. The molecule has 1 aromatic heterocycles. The highest BCUT2D eigenvalue weighted by atomic mass is 35.5. The molecule has 0 bridgehead atoms. The predicted molar refractivity (Wildman–Crippen MR) is 128 cm³/mol. The number of aromatic nitrogens is 1. The molecule has 32 heavy (non-hydrogen) atoms. The molecule has 4 aromatic rings. The van der Waals surface area contributed by atoms with Gasteiger partial charge in [0, 0.05) is 5.02 Å². The number of nitrogens with one attached hydrogen (secondary N) is 1. The molecule has 0 amide bonds. The molecule has 0 radical (unpaired) electrons. The Morgan fingerprint density at radius 1 is 1.06 bits per heavy atom. The molecule has 4 rings (SSSR count). The van der Waals surface area contributed by atoms with Crippen LogP contribution in [0.4, 0.5) is 0 Å². The van der Waals surface area contributed by atoms with Crippen LogP contribution in [0.2, 0.25) is 5.02 Å². The molecule has 1 heterocycles. The molecule has 0 aliphatic carbocycles. The fourth-order valence-electron chi connectivity index (χ4n) is 3.24. The third kappa shape index (κ3) is 5.21. The number of nitrogens with zero attached hydrogens (tertiary/aromatic N) is 1. The lowest BCUT2D eigenvalue weighted by molar-refractivity contribution is 0.287. The summed E-state index contributed by atoms with van der Waals surface area (Å²) < 4.78 is 36.2. The van der Waals surface area contributed by atoms with Gasteiger partial charge >= 0.3 is 4.87 Å². The van der Waals surface area contributed by atoms with E-state index in [1.807, 2.05) is 42.5 Å². The number of rotatable bonds is 8. The van der Waals surface area contributed by atoms with E-state index in [0.29, 0.717) is 27.5 Å². The Kier molecular flexibility index (Phi) is 6.66. The van der Waals surface area contributed by atoms with Gasteiger partial charge in [-0.15, -0.1) is 0 Å². The molecular formula is C23H21ClN2O4S2. The van der Waals surface area contributed by atoms with Gasteiger partial charge in [0.2, 0.25) is 10.0 Å². The molecule has 3 aromatic carbocycles. The van der Waals surface area contributed by atoms with Crippen LogP contribution in [0.3, 0.4) is 0 Å². The molecule has 1 atom stereocenters. The monoisotopic (exact) mass is 488 g/mol. The summed E-state index contributed by atoms with van der Waals surface area (Å²) in [5.74, 6) is 0.673. The second kappa shape index (κ2) is 9.46. The van der Waals surface area contributed by atoms with Gasteiger partial charge in [-0.3, -0.25) is 9.36 Å². The van der Waals surface area contributed by atoms with Crippen molar-refractivity contribution in [3.8, 4) is 5.75 Å². The second-order valence-corrected chi connectivity index (χ2v) is 10.5. The third-order valence-electron chi connectivity index (χ3n) is 4.80. The number of benzene rings is 3. The van der Waals surface area contributed by atoms with Crippen LogP contribution in [0.15, 0.2) is 82.5 Å². The van der Waals surface area contributed by atoms with Crippen LogP contribution in [0.5, 0.6) is 5.75 Å². The minimum Gasteiger partial charge on any atom is -0.492 e. The molecule has 9 heteroatoms. The molecule has 0 aliphatic rings. The van der Waals surface area contributed by atoms with Crippen molar-refractivity contribution in [2.24, 2.45) is 0 Å². The van der Waals surface area contributed by atoms with Crippen molar-refractivity contribution in [3.05, 3.63) is 93.0 Å². The van der Waals surface area contributed by atoms with Gasteiger partial charge in [-0.1, -0.05) is 53.3 Å². The minimum atomic E-state index is -3.77. The van der Waals surface area contributed by atoms with Crippen molar-refractivity contribution < 1.29 is 13.2 Å². The summed E-state index contributed by atoms with van der Waals surface area (Å²) in [5.41, 5.74) is 1.62. The van der Waals surface area contributed by atoms with Crippen LogP contribution < -0.4 is 14.3 Å². The fraction of sp³-hybridized carbons (Fsp3) is 0.174. The first kappa shape index (κ1) is 22.5. The van der Waals surface area contributed by atoms with Gasteiger partial charge in [-0.25, -0.2) is 13.1 Å². The number of thiazole rings is 1. The molecule has 166 valence electrons. The van der Waals surface area contributed by atoms with E-state index in [-0.39, 0.29) is 16.4 Å². The zero-order chi connectivity index (χ0) is 22.7. The highest BCUT2D eigenvalue weighted by Crippen LogP contribution is 2.23. The molecule has 1 N–H and O–H groups in total. The summed E-state index contributed by atoms with van der Waals surface area (Å²) in [6.07, 6.45) is 0. The van der Waals surface area contributed by atoms with Crippen LogP contribution in [0.25, 0.3) is 10.2 Å². The minimum absolute atomic E-state index is 0.108. The topological polar surface area (TPSA) is 77.4 Å². The van der Waals surface area contributed by atoms with Crippen molar-refractivity contribution in [1.82, 2.24) is 9.29 Å². The third-order valence-corrected chi connectivity index (χ3v) is 7.58. The maximum atomic E-state index is 12.9. The van der Waals surface area contributed by atoms with Crippen molar-refractivity contribution in [2.45, 2.75) is 24.4 Å². The van der Waals surface area contributed by atoms with E-state index < -0.39 is 16.1 Å². The van der Waals surface area contributed by atoms with Gasteiger partial charge < -0.3 is 4.74 Å². The summed E-state index contributed by atoms with van der Waals surface area (Å²) in [7, 11) is -3.77. The molecule has 0 aliphatic heterocycles. The number of para-hydroxylation sites is 1. The molecular weight excluding hydrogens is 468 g/mol. The SMILES string of the molecule is C[C@@H](COc1ccccc1)NS(=O)(=O)c1ccc2c(c1)sc(=O)n2Cc1ccc(Cl)cc1. The Labute approximate surface area is 195 Å². The van der Waals surface area contributed by atoms with Crippen molar-refractivity contribution in [2.75, 3.05) is 6.61 Å². The van der Waals surface area contributed by atoms with E-state index in [4.69, 9.17) is 16.3 Å². The number of fused-ring (bicyclic) bond motifs is 1. The Morgan fingerprint density at radius 2 is 1.78 bits per heavy atom. The molecule has 0 spiro atoms. The van der Waals surface area contributed by atoms with Gasteiger partial charge in [0.15, 0.2) is 0 Å². The summed E-state index contributed by atoms with van der Waals surface area (Å²) in [6, 6.07) is 20.8. The summed E-state index contributed by atoms with van der Waals surface area (Å²) in [5, 5.41) is 0.627. The van der Waals surface area contributed by atoms with Crippen LogP contribution >= 0.6 is 22.9 Å². The predicted octanol–water partition coefficient (Wildman–Crippen LogP) is 4.51. The first-order valence-electron chi connectivity index (χ1n) is 9.90.